The molecule has 0 bridgehead atoms. The van der Waals surface area contributed by atoms with Gasteiger partial charge in [-0.1, -0.05) is 66.7 Å². The zero-order chi connectivity index (χ0) is 19.6. The minimum absolute atomic E-state index is 0.135. The average molecular weight is 372 g/mol. The van der Waals surface area contributed by atoms with Crippen LogP contribution in [0.4, 0.5) is 4.79 Å². The Morgan fingerprint density at radius 2 is 1.46 bits per heavy atom. The molecule has 28 heavy (non-hydrogen) atoms. The lowest BCUT2D eigenvalue weighted by Crippen LogP contribution is -2.40. The Kier molecular flexibility index (Phi) is 4.57. The fourth-order valence-corrected chi connectivity index (χ4v) is 3.33. The van der Waals surface area contributed by atoms with E-state index in [9.17, 15) is 9.59 Å². The zero-order valence-corrected chi connectivity index (χ0v) is 15.5. The van der Waals surface area contributed by atoms with Crippen molar-refractivity contribution < 1.29 is 14.3 Å². The Hall–Kier alpha value is -3.60. The summed E-state index contributed by atoms with van der Waals surface area (Å²) in [6.45, 7) is 1.87. The normalized spacial score (nSPS) is 18.8. The average Bonchev–Trinajstić information content (AvgIpc) is 2.95. The van der Waals surface area contributed by atoms with Crippen molar-refractivity contribution >= 4 is 11.9 Å². The number of hydrogen-bond acceptors (Lipinski definition) is 3. The molecule has 0 aliphatic carbocycles. The highest BCUT2D eigenvalue weighted by atomic mass is 16.5. The smallest absolute Gasteiger partial charge is 0.325 e. The molecule has 0 radical (unpaired) electrons. The van der Waals surface area contributed by atoms with Crippen LogP contribution in [0.3, 0.4) is 0 Å². The highest BCUT2D eigenvalue weighted by Crippen LogP contribution is 2.32. The fourth-order valence-electron chi connectivity index (χ4n) is 3.33. The molecule has 1 aliphatic heterocycles. The molecule has 1 unspecified atom stereocenters. The molecule has 0 spiro atoms. The number of carbonyl (C=O) groups is 2. The first kappa shape index (κ1) is 17.8. The number of carbonyl (C=O) groups excluding carboxylic acids is 2. The van der Waals surface area contributed by atoms with Gasteiger partial charge < -0.3 is 10.1 Å². The molecule has 1 atom stereocenters. The molecule has 0 saturated carbocycles. The van der Waals surface area contributed by atoms with Gasteiger partial charge in [0, 0.05) is 5.56 Å². The van der Waals surface area contributed by atoms with E-state index >= 15 is 0 Å². The zero-order valence-electron chi connectivity index (χ0n) is 15.5. The number of para-hydroxylation sites is 2. The third kappa shape index (κ3) is 3.22. The number of urea groups is 1. The molecule has 1 aliphatic rings. The van der Waals surface area contributed by atoms with Gasteiger partial charge in [-0.3, -0.25) is 9.69 Å². The van der Waals surface area contributed by atoms with Gasteiger partial charge in [-0.25, -0.2) is 4.79 Å². The molecule has 5 nitrogen and oxygen atoms in total. The molecule has 1 fully saturated rings. The Balaban J connectivity index is 1.60. The molecule has 5 heteroatoms. The number of nitrogens with one attached hydrogen (secondary N) is 1. The summed E-state index contributed by atoms with van der Waals surface area (Å²) >= 11 is 0. The molecule has 1 saturated heterocycles. The van der Waals surface area contributed by atoms with E-state index in [1.807, 2.05) is 84.9 Å². The van der Waals surface area contributed by atoms with E-state index in [1.54, 1.807) is 6.92 Å². The second-order valence-corrected chi connectivity index (χ2v) is 6.84. The minimum Gasteiger partial charge on any atom is -0.457 e. The SMILES string of the molecule is CC1(c2ccccc2)NC(=O)N(Cc2ccccc2Oc2ccccc2)C1=O. The van der Waals surface area contributed by atoms with Crippen LogP contribution >= 0.6 is 0 Å². The molecule has 0 aromatic heterocycles. The molecule has 3 aromatic rings. The lowest BCUT2D eigenvalue weighted by molar-refractivity contribution is -0.131. The van der Waals surface area contributed by atoms with Gasteiger partial charge in [0.25, 0.3) is 5.91 Å². The summed E-state index contributed by atoms with van der Waals surface area (Å²) in [5, 5.41) is 2.83. The predicted molar refractivity (Wildman–Crippen MR) is 106 cm³/mol. The molecule has 1 N–H and O–H groups in total. The number of benzene rings is 3. The van der Waals surface area contributed by atoms with Gasteiger partial charge >= 0.3 is 6.03 Å². The highest BCUT2D eigenvalue weighted by molar-refractivity contribution is 6.07. The van der Waals surface area contributed by atoms with Crippen LogP contribution in [0.25, 0.3) is 0 Å². The van der Waals surface area contributed by atoms with Gasteiger partial charge in [-0.15, -0.1) is 0 Å². The summed E-state index contributed by atoms with van der Waals surface area (Å²) in [5.74, 6) is 1.03. The van der Waals surface area contributed by atoms with Crippen LogP contribution in [0.5, 0.6) is 11.5 Å². The summed E-state index contributed by atoms with van der Waals surface area (Å²) in [5.41, 5.74) is 0.435. The second-order valence-electron chi connectivity index (χ2n) is 6.84. The van der Waals surface area contributed by atoms with Crippen molar-refractivity contribution in [3.8, 4) is 11.5 Å². The van der Waals surface area contributed by atoms with Crippen molar-refractivity contribution in [2.75, 3.05) is 0 Å². The van der Waals surface area contributed by atoms with E-state index in [2.05, 4.69) is 5.32 Å². The topological polar surface area (TPSA) is 58.6 Å². The van der Waals surface area contributed by atoms with E-state index in [4.69, 9.17) is 4.74 Å². The first-order valence-corrected chi connectivity index (χ1v) is 9.08. The van der Waals surface area contributed by atoms with Crippen molar-refractivity contribution in [1.29, 1.82) is 0 Å². The lowest BCUT2D eigenvalue weighted by atomic mass is 9.92. The van der Waals surface area contributed by atoms with E-state index in [-0.39, 0.29) is 12.5 Å². The van der Waals surface area contributed by atoms with Crippen molar-refractivity contribution in [3.05, 3.63) is 96.1 Å². The third-order valence-corrected chi connectivity index (χ3v) is 4.90. The maximum Gasteiger partial charge on any atom is 0.325 e. The van der Waals surface area contributed by atoms with Gasteiger partial charge in [0.15, 0.2) is 0 Å². The van der Waals surface area contributed by atoms with Crippen LogP contribution in [0, 0.1) is 0 Å². The van der Waals surface area contributed by atoms with Crippen molar-refractivity contribution in [3.63, 3.8) is 0 Å². The van der Waals surface area contributed by atoms with Crippen molar-refractivity contribution in [1.82, 2.24) is 10.2 Å². The van der Waals surface area contributed by atoms with Gasteiger partial charge in [0.2, 0.25) is 0 Å². The number of amides is 3. The van der Waals surface area contributed by atoms with Crippen LogP contribution in [-0.4, -0.2) is 16.8 Å². The number of imide groups is 1. The van der Waals surface area contributed by atoms with E-state index in [0.717, 1.165) is 11.1 Å². The molecular formula is C23H20N2O3. The fraction of sp³-hybridized carbons (Fsp3) is 0.130. The van der Waals surface area contributed by atoms with Crippen LogP contribution in [0.15, 0.2) is 84.9 Å². The standard InChI is InChI=1S/C23H20N2O3/c1-23(18-11-4-2-5-12-18)21(26)25(22(27)24-23)16-17-10-8-9-15-20(17)28-19-13-6-3-7-14-19/h2-15H,16H2,1H3,(H,24,27). The van der Waals surface area contributed by atoms with Gasteiger partial charge in [-0.2, -0.15) is 0 Å². The third-order valence-electron chi connectivity index (χ3n) is 4.90. The van der Waals surface area contributed by atoms with Crippen molar-refractivity contribution in [2.45, 2.75) is 19.0 Å². The van der Waals surface area contributed by atoms with Crippen LogP contribution < -0.4 is 10.1 Å². The number of ether oxygens (including phenoxy) is 1. The molecular weight excluding hydrogens is 352 g/mol. The second kappa shape index (κ2) is 7.19. The van der Waals surface area contributed by atoms with Crippen molar-refractivity contribution in [2.24, 2.45) is 0 Å². The lowest BCUT2D eigenvalue weighted by Gasteiger charge is -2.22. The monoisotopic (exact) mass is 372 g/mol. The highest BCUT2D eigenvalue weighted by Gasteiger charge is 2.48. The number of rotatable bonds is 5. The van der Waals surface area contributed by atoms with Crippen LogP contribution in [-0.2, 0) is 16.9 Å². The Bertz CT molecular complexity index is 1000. The quantitative estimate of drug-likeness (QED) is 0.674. The van der Waals surface area contributed by atoms with Crippen LogP contribution in [0.1, 0.15) is 18.1 Å². The summed E-state index contributed by atoms with van der Waals surface area (Å²) < 4.78 is 5.96. The summed E-state index contributed by atoms with van der Waals surface area (Å²) in [6.07, 6.45) is 0. The number of nitrogens with zero attached hydrogens (tertiary/aromatic N) is 1. The molecule has 1 heterocycles. The first-order valence-electron chi connectivity index (χ1n) is 9.08. The molecule has 140 valence electrons. The Morgan fingerprint density at radius 3 is 2.18 bits per heavy atom. The first-order chi connectivity index (χ1) is 13.6. The Morgan fingerprint density at radius 1 is 0.857 bits per heavy atom. The maximum absolute atomic E-state index is 13.1. The summed E-state index contributed by atoms with van der Waals surface area (Å²) in [4.78, 5) is 27.0. The van der Waals surface area contributed by atoms with E-state index in [0.29, 0.717) is 11.5 Å². The van der Waals surface area contributed by atoms with E-state index in [1.165, 1.54) is 4.90 Å². The molecule has 3 amide bonds. The summed E-state index contributed by atoms with van der Waals surface area (Å²) in [7, 11) is 0. The summed E-state index contributed by atoms with van der Waals surface area (Å²) in [6, 6.07) is 25.7. The maximum atomic E-state index is 13.1. The largest absolute Gasteiger partial charge is 0.457 e. The predicted octanol–water partition coefficient (Wildman–Crippen LogP) is 4.45. The van der Waals surface area contributed by atoms with E-state index < -0.39 is 11.6 Å². The molecule has 4 rings (SSSR count). The van der Waals surface area contributed by atoms with Crippen LogP contribution in [0.2, 0.25) is 0 Å². The number of hydrogen-bond donors (Lipinski definition) is 1. The van der Waals surface area contributed by atoms with Gasteiger partial charge in [-0.05, 0) is 30.7 Å². The Labute approximate surface area is 163 Å². The van der Waals surface area contributed by atoms with Gasteiger partial charge in [0.05, 0.1) is 6.54 Å². The molecule has 3 aromatic carbocycles. The minimum atomic E-state index is -1.08. The van der Waals surface area contributed by atoms with Gasteiger partial charge in [0.1, 0.15) is 17.0 Å².